The summed E-state index contributed by atoms with van der Waals surface area (Å²) in [7, 11) is 0. The zero-order valence-electron chi connectivity index (χ0n) is 22.9. The van der Waals surface area contributed by atoms with Gasteiger partial charge in [-0.3, -0.25) is 9.98 Å². The molecule has 2 nitrogen and oxygen atoms in total. The first-order valence-corrected chi connectivity index (χ1v) is 15.0. The number of rotatable bonds is 24. The highest BCUT2D eigenvalue weighted by Gasteiger charge is 1.94. The summed E-state index contributed by atoms with van der Waals surface area (Å²) in [6, 6.07) is 8.63. The van der Waals surface area contributed by atoms with Gasteiger partial charge in [0, 0.05) is 25.5 Å². The summed E-state index contributed by atoms with van der Waals surface area (Å²) in [5.41, 5.74) is 2.39. The van der Waals surface area contributed by atoms with E-state index in [1.165, 1.54) is 140 Å². The van der Waals surface area contributed by atoms with Crippen molar-refractivity contribution in [1.82, 2.24) is 0 Å². The van der Waals surface area contributed by atoms with Gasteiger partial charge in [-0.2, -0.15) is 0 Å². The molecule has 0 saturated heterocycles. The fraction of sp³-hybridized carbons (Fsp3) is 0.750. The van der Waals surface area contributed by atoms with Crippen LogP contribution in [0.25, 0.3) is 0 Å². The summed E-state index contributed by atoms with van der Waals surface area (Å²) in [5, 5.41) is 0. The van der Waals surface area contributed by atoms with Crippen LogP contribution in [0.4, 0.5) is 0 Å². The molecule has 0 aromatic heterocycles. The van der Waals surface area contributed by atoms with E-state index in [4.69, 9.17) is 0 Å². The molecular weight excluding hydrogens is 412 g/mol. The highest BCUT2D eigenvalue weighted by atomic mass is 14.7. The molecule has 2 heteroatoms. The number of aliphatic imine (C=N–C) groups is 2. The number of benzene rings is 1. The number of nitrogens with zero attached hydrogens (tertiary/aromatic N) is 2. The van der Waals surface area contributed by atoms with Gasteiger partial charge in [0.1, 0.15) is 0 Å². The maximum atomic E-state index is 4.62. The summed E-state index contributed by atoms with van der Waals surface area (Å²) in [6.45, 7) is 6.48. The van der Waals surface area contributed by atoms with Crippen LogP contribution in [-0.4, -0.2) is 25.5 Å². The molecule has 0 aliphatic heterocycles. The van der Waals surface area contributed by atoms with Crippen LogP contribution in [0.5, 0.6) is 0 Å². The van der Waals surface area contributed by atoms with Crippen LogP contribution in [0.15, 0.2) is 34.3 Å². The Kier molecular flexibility index (Phi) is 22.2. The van der Waals surface area contributed by atoms with Gasteiger partial charge in [-0.15, -0.1) is 0 Å². The van der Waals surface area contributed by atoms with Crippen molar-refractivity contribution >= 4 is 12.4 Å². The second-order valence-electron chi connectivity index (χ2n) is 10.1. The van der Waals surface area contributed by atoms with Crippen molar-refractivity contribution in [1.29, 1.82) is 0 Å². The van der Waals surface area contributed by atoms with E-state index in [0.717, 1.165) is 13.1 Å². The highest BCUT2D eigenvalue weighted by molar-refractivity contribution is 5.84. The van der Waals surface area contributed by atoms with E-state index in [2.05, 4.69) is 48.1 Å². The Morgan fingerprint density at radius 1 is 0.412 bits per heavy atom. The van der Waals surface area contributed by atoms with Crippen LogP contribution in [0.2, 0.25) is 0 Å². The largest absolute Gasteiger partial charge is 0.293 e. The van der Waals surface area contributed by atoms with Crippen molar-refractivity contribution in [3.63, 3.8) is 0 Å². The molecular formula is C32H56N2. The predicted molar refractivity (Wildman–Crippen MR) is 155 cm³/mol. The average Bonchev–Trinajstić information content (AvgIpc) is 2.86. The van der Waals surface area contributed by atoms with Crippen molar-refractivity contribution in [3.05, 3.63) is 35.4 Å². The minimum Gasteiger partial charge on any atom is -0.293 e. The lowest BCUT2D eigenvalue weighted by Crippen LogP contribution is -1.89. The Bertz CT molecular complexity index is 535. The van der Waals surface area contributed by atoms with Crippen molar-refractivity contribution in [2.45, 2.75) is 142 Å². The molecule has 0 bridgehead atoms. The predicted octanol–water partition coefficient (Wildman–Crippen LogP) is 10.4. The van der Waals surface area contributed by atoms with Crippen molar-refractivity contribution in [2.75, 3.05) is 13.1 Å². The molecule has 0 aliphatic rings. The van der Waals surface area contributed by atoms with Crippen molar-refractivity contribution in [3.8, 4) is 0 Å². The maximum absolute atomic E-state index is 4.62. The third kappa shape index (κ3) is 20.0. The fourth-order valence-electron chi connectivity index (χ4n) is 4.39. The van der Waals surface area contributed by atoms with Crippen LogP contribution in [0.3, 0.4) is 0 Å². The lowest BCUT2D eigenvalue weighted by Gasteiger charge is -2.01. The van der Waals surface area contributed by atoms with Crippen LogP contribution in [0, 0.1) is 0 Å². The van der Waals surface area contributed by atoms with E-state index in [0.29, 0.717) is 0 Å². The van der Waals surface area contributed by atoms with Crippen LogP contribution < -0.4 is 0 Å². The molecule has 0 aliphatic carbocycles. The van der Waals surface area contributed by atoms with Crippen molar-refractivity contribution < 1.29 is 0 Å². The van der Waals surface area contributed by atoms with Crippen LogP contribution >= 0.6 is 0 Å². The number of hydrogen-bond acceptors (Lipinski definition) is 2. The lowest BCUT2D eigenvalue weighted by molar-refractivity contribution is 0.558. The molecule has 0 heterocycles. The standard InChI is InChI=1S/C32H56N2/c1-3-5-7-9-11-13-15-17-19-21-27-33-29-31-23-25-32(26-24-31)30-34-28-22-20-18-16-14-12-10-8-6-4-2/h23-26,29-30H,3-22,27-28H2,1-2H3. The fourth-order valence-corrected chi connectivity index (χ4v) is 4.39. The van der Waals surface area contributed by atoms with Crippen LogP contribution in [0.1, 0.15) is 153 Å². The minimum atomic E-state index is 0.957. The molecule has 1 aromatic rings. The average molecular weight is 469 g/mol. The van der Waals surface area contributed by atoms with Gasteiger partial charge in [-0.05, 0) is 24.0 Å². The summed E-state index contributed by atoms with van der Waals surface area (Å²) in [6.07, 6.45) is 31.6. The van der Waals surface area contributed by atoms with Gasteiger partial charge in [0.05, 0.1) is 0 Å². The SMILES string of the molecule is CCCCCCCCCCCCN=Cc1ccc(C=NCCCCCCCCCCCC)cc1. The van der Waals surface area contributed by atoms with E-state index >= 15 is 0 Å². The Morgan fingerprint density at radius 3 is 0.971 bits per heavy atom. The zero-order chi connectivity index (χ0) is 24.4. The quantitative estimate of drug-likeness (QED) is 0.106. The van der Waals surface area contributed by atoms with Gasteiger partial charge in [0.2, 0.25) is 0 Å². The summed E-state index contributed by atoms with van der Waals surface area (Å²) in [4.78, 5) is 9.23. The second-order valence-corrected chi connectivity index (χ2v) is 10.1. The number of unbranched alkanes of at least 4 members (excludes halogenated alkanes) is 18. The van der Waals surface area contributed by atoms with Gasteiger partial charge in [-0.1, -0.05) is 154 Å². The molecule has 0 amide bonds. The van der Waals surface area contributed by atoms with E-state index in [-0.39, 0.29) is 0 Å². The van der Waals surface area contributed by atoms with Gasteiger partial charge < -0.3 is 0 Å². The van der Waals surface area contributed by atoms with E-state index in [1.807, 2.05) is 12.4 Å². The first-order chi connectivity index (χ1) is 16.9. The normalized spacial score (nSPS) is 11.8. The Hall–Kier alpha value is -1.44. The van der Waals surface area contributed by atoms with Gasteiger partial charge in [0.25, 0.3) is 0 Å². The molecule has 0 N–H and O–H groups in total. The summed E-state index contributed by atoms with van der Waals surface area (Å²) < 4.78 is 0. The molecule has 0 fully saturated rings. The zero-order valence-corrected chi connectivity index (χ0v) is 22.9. The number of hydrogen-bond donors (Lipinski definition) is 0. The van der Waals surface area contributed by atoms with E-state index < -0.39 is 0 Å². The first-order valence-electron chi connectivity index (χ1n) is 15.0. The molecule has 1 aromatic carbocycles. The molecule has 34 heavy (non-hydrogen) atoms. The third-order valence-electron chi connectivity index (χ3n) is 6.70. The molecule has 0 unspecified atom stereocenters. The van der Waals surface area contributed by atoms with E-state index in [1.54, 1.807) is 0 Å². The van der Waals surface area contributed by atoms with Gasteiger partial charge >= 0.3 is 0 Å². The molecule has 0 radical (unpaired) electrons. The molecule has 1 rings (SSSR count). The van der Waals surface area contributed by atoms with Crippen LogP contribution in [-0.2, 0) is 0 Å². The van der Waals surface area contributed by atoms with Crippen molar-refractivity contribution in [2.24, 2.45) is 9.98 Å². The topological polar surface area (TPSA) is 24.7 Å². The second kappa shape index (κ2) is 24.7. The first kappa shape index (κ1) is 30.6. The molecule has 0 atom stereocenters. The van der Waals surface area contributed by atoms with Gasteiger partial charge in [-0.25, -0.2) is 0 Å². The Morgan fingerprint density at radius 2 is 0.676 bits per heavy atom. The Balaban J connectivity index is 1.97. The molecule has 0 saturated carbocycles. The highest BCUT2D eigenvalue weighted by Crippen LogP contribution is 2.11. The van der Waals surface area contributed by atoms with E-state index in [9.17, 15) is 0 Å². The molecule has 0 spiro atoms. The summed E-state index contributed by atoms with van der Waals surface area (Å²) >= 11 is 0. The smallest absolute Gasteiger partial charge is 0.0389 e. The Labute approximate surface area is 213 Å². The maximum Gasteiger partial charge on any atom is 0.0389 e. The minimum absolute atomic E-state index is 0.957. The lowest BCUT2D eigenvalue weighted by atomic mass is 10.1. The molecule has 194 valence electrons. The third-order valence-corrected chi connectivity index (χ3v) is 6.70. The monoisotopic (exact) mass is 468 g/mol. The van der Waals surface area contributed by atoms with Gasteiger partial charge in [0.15, 0.2) is 0 Å². The summed E-state index contributed by atoms with van der Waals surface area (Å²) in [5.74, 6) is 0.